The first-order chi connectivity index (χ1) is 13.6. The van der Waals surface area contributed by atoms with E-state index in [-0.39, 0.29) is 12.2 Å². The molecule has 1 heterocycles. The summed E-state index contributed by atoms with van der Waals surface area (Å²) in [7, 11) is 0. The molecule has 140 valence electrons. The summed E-state index contributed by atoms with van der Waals surface area (Å²) in [6.45, 7) is 2.54. The Hall–Kier alpha value is -3.78. The molecule has 0 radical (unpaired) electrons. The lowest BCUT2D eigenvalue weighted by atomic mass is 10.1. The third kappa shape index (κ3) is 4.30. The summed E-state index contributed by atoms with van der Waals surface area (Å²) < 4.78 is 11.1. The number of para-hydroxylation sites is 1. The minimum absolute atomic E-state index is 0.161. The van der Waals surface area contributed by atoms with E-state index in [1.54, 1.807) is 36.4 Å². The van der Waals surface area contributed by atoms with Crippen molar-refractivity contribution in [2.24, 2.45) is 0 Å². The molecule has 0 saturated carbocycles. The van der Waals surface area contributed by atoms with Gasteiger partial charge in [0.1, 0.15) is 6.61 Å². The number of aromatic nitrogens is 1. The molecular weight excluding hydrogens is 354 g/mol. The Labute approximate surface area is 163 Å². The molecule has 1 aromatic heterocycles. The SMILES string of the molecule is C#CCOc1ccc(/C=C/c2cc(C(=O)O)c3ccccc3n2)cc1OCC. The number of carboxylic acid groups (broad SMARTS) is 1. The van der Waals surface area contributed by atoms with Crippen molar-refractivity contribution in [1.82, 2.24) is 4.98 Å². The molecule has 0 atom stereocenters. The molecule has 0 unspecified atom stereocenters. The number of rotatable bonds is 7. The number of fused-ring (bicyclic) bond motifs is 1. The van der Waals surface area contributed by atoms with Crippen molar-refractivity contribution in [3.05, 3.63) is 65.4 Å². The Morgan fingerprint density at radius 1 is 1.14 bits per heavy atom. The van der Waals surface area contributed by atoms with E-state index >= 15 is 0 Å². The zero-order valence-corrected chi connectivity index (χ0v) is 15.4. The minimum atomic E-state index is -0.984. The van der Waals surface area contributed by atoms with Gasteiger partial charge in [0.05, 0.1) is 23.4 Å². The van der Waals surface area contributed by atoms with E-state index in [0.717, 1.165) is 5.56 Å². The monoisotopic (exact) mass is 373 g/mol. The zero-order chi connectivity index (χ0) is 19.9. The normalized spacial score (nSPS) is 10.7. The molecular formula is C23H19NO4. The second-order valence-electron chi connectivity index (χ2n) is 5.88. The van der Waals surface area contributed by atoms with Crippen molar-refractivity contribution in [2.45, 2.75) is 6.92 Å². The van der Waals surface area contributed by atoms with Gasteiger partial charge in [-0.25, -0.2) is 9.78 Å². The highest BCUT2D eigenvalue weighted by Gasteiger charge is 2.10. The number of carboxylic acids is 1. The van der Waals surface area contributed by atoms with Gasteiger partial charge in [0.25, 0.3) is 0 Å². The molecule has 0 bridgehead atoms. The lowest BCUT2D eigenvalue weighted by molar-refractivity contribution is 0.0699. The number of carbonyl (C=O) groups is 1. The first kappa shape index (κ1) is 19.0. The van der Waals surface area contributed by atoms with Crippen LogP contribution in [0.3, 0.4) is 0 Å². The number of ether oxygens (including phenoxy) is 2. The average Bonchev–Trinajstić information content (AvgIpc) is 2.71. The van der Waals surface area contributed by atoms with E-state index in [1.807, 2.05) is 31.2 Å². The maximum absolute atomic E-state index is 11.6. The highest BCUT2D eigenvalue weighted by molar-refractivity contribution is 6.03. The third-order valence-corrected chi connectivity index (χ3v) is 3.99. The molecule has 0 aliphatic heterocycles. The Bertz CT molecular complexity index is 1080. The maximum Gasteiger partial charge on any atom is 0.336 e. The number of pyridine rings is 1. The predicted molar refractivity (Wildman–Crippen MR) is 110 cm³/mol. The predicted octanol–water partition coefficient (Wildman–Crippen LogP) is 4.51. The van der Waals surface area contributed by atoms with Gasteiger partial charge in [0.2, 0.25) is 0 Å². The van der Waals surface area contributed by atoms with Gasteiger partial charge in [-0.05, 0) is 42.8 Å². The van der Waals surface area contributed by atoms with Crippen LogP contribution < -0.4 is 9.47 Å². The smallest absolute Gasteiger partial charge is 0.336 e. The first-order valence-corrected chi connectivity index (χ1v) is 8.76. The van der Waals surface area contributed by atoms with Crippen LogP contribution >= 0.6 is 0 Å². The van der Waals surface area contributed by atoms with E-state index in [4.69, 9.17) is 15.9 Å². The Kier molecular flexibility index (Phi) is 5.93. The van der Waals surface area contributed by atoms with Gasteiger partial charge in [-0.1, -0.05) is 36.3 Å². The molecule has 5 nitrogen and oxygen atoms in total. The number of hydrogen-bond acceptors (Lipinski definition) is 4. The Balaban J connectivity index is 1.94. The van der Waals surface area contributed by atoms with E-state index in [1.165, 1.54) is 0 Å². The van der Waals surface area contributed by atoms with Crippen molar-refractivity contribution >= 4 is 29.0 Å². The van der Waals surface area contributed by atoms with Gasteiger partial charge in [-0.2, -0.15) is 0 Å². The average molecular weight is 373 g/mol. The van der Waals surface area contributed by atoms with E-state index in [9.17, 15) is 9.90 Å². The van der Waals surface area contributed by atoms with Crippen LogP contribution in [0.5, 0.6) is 11.5 Å². The van der Waals surface area contributed by atoms with Crippen LogP contribution in [0, 0.1) is 12.3 Å². The van der Waals surface area contributed by atoms with Crippen LogP contribution in [0.2, 0.25) is 0 Å². The summed E-state index contributed by atoms with van der Waals surface area (Å²) in [5.74, 6) is 2.62. The molecule has 3 rings (SSSR count). The number of terminal acetylenes is 1. The standard InChI is InChI=1S/C23H19NO4/c1-3-13-28-21-12-10-16(14-22(21)27-4-2)9-11-17-15-19(23(25)26)18-7-5-6-8-20(18)24-17/h1,5-12,14-15H,4,13H2,2H3,(H,25,26)/b11-9+. The van der Waals surface area contributed by atoms with Crippen molar-refractivity contribution < 1.29 is 19.4 Å². The third-order valence-electron chi connectivity index (χ3n) is 3.99. The van der Waals surface area contributed by atoms with Gasteiger partial charge in [0, 0.05) is 5.39 Å². The second kappa shape index (κ2) is 8.74. The summed E-state index contributed by atoms with van der Waals surface area (Å²) in [5, 5.41) is 10.1. The molecule has 28 heavy (non-hydrogen) atoms. The van der Waals surface area contributed by atoms with Gasteiger partial charge >= 0.3 is 5.97 Å². The maximum atomic E-state index is 11.6. The van der Waals surface area contributed by atoms with Crippen molar-refractivity contribution in [2.75, 3.05) is 13.2 Å². The number of aromatic carboxylic acids is 1. The molecule has 0 amide bonds. The summed E-state index contributed by atoms with van der Waals surface area (Å²) in [5.41, 5.74) is 2.28. The van der Waals surface area contributed by atoms with Crippen LogP contribution in [-0.4, -0.2) is 29.3 Å². The molecule has 5 heteroatoms. The van der Waals surface area contributed by atoms with Crippen molar-refractivity contribution in [3.63, 3.8) is 0 Å². The summed E-state index contributed by atoms with van der Waals surface area (Å²) in [4.78, 5) is 16.1. The fourth-order valence-electron chi connectivity index (χ4n) is 2.78. The van der Waals surface area contributed by atoms with E-state index in [0.29, 0.717) is 34.7 Å². The molecule has 0 fully saturated rings. The second-order valence-corrected chi connectivity index (χ2v) is 5.88. The molecule has 0 spiro atoms. The number of benzene rings is 2. The molecule has 1 N–H and O–H groups in total. The summed E-state index contributed by atoms with van der Waals surface area (Å²) in [6.07, 6.45) is 8.85. The van der Waals surface area contributed by atoms with Crippen molar-refractivity contribution in [3.8, 4) is 23.8 Å². The van der Waals surface area contributed by atoms with Crippen LogP contribution in [0.25, 0.3) is 23.1 Å². The van der Waals surface area contributed by atoms with E-state index in [2.05, 4.69) is 10.9 Å². The van der Waals surface area contributed by atoms with Gasteiger partial charge < -0.3 is 14.6 Å². The highest BCUT2D eigenvalue weighted by atomic mass is 16.5. The number of hydrogen-bond donors (Lipinski definition) is 1. The molecule has 3 aromatic rings. The topological polar surface area (TPSA) is 68.7 Å². The zero-order valence-electron chi connectivity index (χ0n) is 15.4. The van der Waals surface area contributed by atoms with E-state index < -0.39 is 5.97 Å². The summed E-state index contributed by atoms with van der Waals surface area (Å²) >= 11 is 0. The van der Waals surface area contributed by atoms with Gasteiger partial charge in [-0.3, -0.25) is 0 Å². The minimum Gasteiger partial charge on any atom is -0.490 e. The molecule has 2 aromatic carbocycles. The first-order valence-electron chi connectivity index (χ1n) is 8.76. The van der Waals surface area contributed by atoms with Gasteiger partial charge in [0.15, 0.2) is 11.5 Å². The lowest BCUT2D eigenvalue weighted by Crippen LogP contribution is -2.00. The van der Waals surface area contributed by atoms with Crippen LogP contribution in [0.1, 0.15) is 28.5 Å². The Morgan fingerprint density at radius 2 is 1.96 bits per heavy atom. The van der Waals surface area contributed by atoms with Crippen LogP contribution in [-0.2, 0) is 0 Å². The number of nitrogens with zero attached hydrogens (tertiary/aromatic N) is 1. The fraction of sp³-hybridized carbons (Fsp3) is 0.130. The fourth-order valence-corrected chi connectivity index (χ4v) is 2.78. The quantitative estimate of drug-likeness (QED) is 0.617. The van der Waals surface area contributed by atoms with Crippen LogP contribution in [0.4, 0.5) is 0 Å². The van der Waals surface area contributed by atoms with Crippen molar-refractivity contribution in [1.29, 1.82) is 0 Å². The lowest BCUT2D eigenvalue weighted by Gasteiger charge is -2.11. The summed E-state index contributed by atoms with van der Waals surface area (Å²) in [6, 6.07) is 14.2. The van der Waals surface area contributed by atoms with Gasteiger partial charge in [-0.15, -0.1) is 6.42 Å². The largest absolute Gasteiger partial charge is 0.490 e. The molecule has 0 aliphatic rings. The molecule has 0 saturated heterocycles. The Morgan fingerprint density at radius 3 is 2.71 bits per heavy atom. The highest BCUT2D eigenvalue weighted by Crippen LogP contribution is 2.29. The van der Waals surface area contributed by atoms with Crippen LogP contribution in [0.15, 0.2) is 48.5 Å². The molecule has 0 aliphatic carbocycles.